The highest BCUT2D eigenvalue weighted by molar-refractivity contribution is 5.76. The van der Waals surface area contributed by atoms with Crippen LogP contribution in [0.4, 0.5) is 0 Å². The zero-order valence-electron chi connectivity index (χ0n) is 19.8. The van der Waals surface area contributed by atoms with Gasteiger partial charge in [-0.25, -0.2) is 0 Å². The summed E-state index contributed by atoms with van der Waals surface area (Å²) < 4.78 is 8.10. The summed E-state index contributed by atoms with van der Waals surface area (Å²) in [5, 5.41) is 18.1. The molecule has 176 valence electrons. The number of benzene rings is 1. The lowest BCUT2D eigenvalue weighted by molar-refractivity contribution is -0.136. The summed E-state index contributed by atoms with van der Waals surface area (Å²) >= 11 is 0. The zero-order valence-corrected chi connectivity index (χ0v) is 19.8. The summed E-state index contributed by atoms with van der Waals surface area (Å²) in [6.07, 6.45) is 2.91. The van der Waals surface area contributed by atoms with E-state index in [1.807, 2.05) is 18.0 Å². The van der Waals surface area contributed by atoms with Crippen molar-refractivity contribution in [1.29, 1.82) is 0 Å². The minimum absolute atomic E-state index is 0.0522. The number of nitrogens with zero attached hydrogens (tertiary/aromatic N) is 5. The molecule has 0 radical (unpaired) electrons. The first-order valence-corrected chi connectivity index (χ1v) is 11.5. The monoisotopic (exact) mass is 443 g/mol. The SMILES string of the molecule is Cc1ccc(CN(C)C[C@@H]2OCc3cn(nn3)CCCC(=O)N([C@H](C)CO)C[C@H]2C)cc1. The van der Waals surface area contributed by atoms with E-state index in [2.05, 4.69) is 60.4 Å². The van der Waals surface area contributed by atoms with Crippen LogP contribution in [0.1, 0.15) is 43.5 Å². The Kier molecular flexibility index (Phi) is 8.78. The average Bonchev–Trinajstić information content (AvgIpc) is 3.23. The zero-order chi connectivity index (χ0) is 23.1. The summed E-state index contributed by atoms with van der Waals surface area (Å²) in [4.78, 5) is 17.0. The van der Waals surface area contributed by atoms with Crippen molar-refractivity contribution >= 4 is 5.91 Å². The van der Waals surface area contributed by atoms with E-state index in [-0.39, 0.29) is 30.6 Å². The predicted molar refractivity (Wildman–Crippen MR) is 123 cm³/mol. The molecular weight excluding hydrogens is 406 g/mol. The van der Waals surface area contributed by atoms with Gasteiger partial charge in [0.15, 0.2) is 0 Å². The molecule has 3 atom stereocenters. The number of aliphatic hydroxyl groups is 1. The fourth-order valence-electron chi connectivity index (χ4n) is 4.07. The largest absolute Gasteiger partial charge is 0.394 e. The number of rotatable bonds is 6. The first-order chi connectivity index (χ1) is 15.4. The molecule has 1 amide bonds. The Bertz CT molecular complexity index is 854. The fourth-order valence-corrected chi connectivity index (χ4v) is 4.07. The van der Waals surface area contributed by atoms with Gasteiger partial charge in [-0.05, 0) is 32.9 Å². The van der Waals surface area contributed by atoms with Crippen LogP contribution in [0.3, 0.4) is 0 Å². The van der Waals surface area contributed by atoms with Crippen molar-refractivity contribution in [2.75, 3.05) is 26.7 Å². The molecule has 8 nitrogen and oxygen atoms in total. The Labute approximate surface area is 191 Å². The van der Waals surface area contributed by atoms with Gasteiger partial charge in [0.2, 0.25) is 5.91 Å². The lowest BCUT2D eigenvalue weighted by Crippen LogP contribution is -2.47. The molecule has 0 aliphatic carbocycles. The van der Waals surface area contributed by atoms with Gasteiger partial charge in [0.25, 0.3) is 0 Å². The van der Waals surface area contributed by atoms with Gasteiger partial charge in [-0.1, -0.05) is 42.0 Å². The third kappa shape index (κ3) is 6.85. The van der Waals surface area contributed by atoms with E-state index in [0.29, 0.717) is 32.5 Å². The quantitative estimate of drug-likeness (QED) is 0.737. The van der Waals surface area contributed by atoms with Crippen molar-refractivity contribution in [3.8, 4) is 0 Å². The molecule has 3 rings (SSSR count). The summed E-state index contributed by atoms with van der Waals surface area (Å²) in [7, 11) is 2.09. The van der Waals surface area contributed by atoms with E-state index >= 15 is 0 Å². The third-order valence-corrected chi connectivity index (χ3v) is 6.11. The maximum absolute atomic E-state index is 12.9. The van der Waals surface area contributed by atoms with E-state index in [1.165, 1.54) is 11.1 Å². The van der Waals surface area contributed by atoms with Crippen LogP contribution < -0.4 is 0 Å². The number of hydrogen-bond donors (Lipinski definition) is 1. The Morgan fingerprint density at radius 3 is 2.78 bits per heavy atom. The number of hydrogen-bond acceptors (Lipinski definition) is 6. The summed E-state index contributed by atoms with van der Waals surface area (Å²) in [6, 6.07) is 8.34. The molecule has 0 spiro atoms. The molecule has 0 fully saturated rings. The number of likely N-dealkylation sites (N-methyl/N-ethyl adjacent to an activating group) is 1. The average molecular weight is 444 g/mol. The van der Waals surface area contributed by atoms with E-state index in [9.17, 15) is 9.90 Å². The molecule has 2 heterocycles. The van der Waals surface area contributed by atoms with Gasteiger partial charge in [0.05, 0.1) is 31.6 Å². The van der Waals surface area contributed by atoms with Crippen LogP contribution in [-0.4, -0.2) is 74.7 Å². The minimum atomic E-state index is -0.224. The fraction of sp³-hybridized carbons (Fsp3) is 0.625. The lowest BCUT2D eigenvalue weighted by Gasteiger charge is -2.35. The third-order valence-electron chi connectivity index (χ3n) is 6.11. The van der Waals surface area contributed by atoms with E-state index < -0.39 is 0 Å². The Morgan fingerprint density at radius 2 is 2.06 bits per heavy atom. The van der Waals surface area contributed by atoms with Gasteiger partial charge in [-0.3, -0.25) is 14.4 Å². The lowest BCUT2D eigenvalue weighted by atomic mass is 10.0. The summed E-state index contributed by atoms with van der Waals surface area (Å²) in [5.74, 6) is 0.147. The Morgan fingerprint density at radius 1 is 1.31 bits per heavy atom. The predicted octanol–water partition coefficient (Wildman–Crippen LogP) is 2.24. The highest BCUT2D eigenvalue weighted by Gasteiger charge is 2.28. The molecule has 1 aromatic heterocycles. The van der Waals surface area contributed by atoms with Crippen molar-refractivity contribution in [2.24, 2.45) is 5.92 Å². The van der Waals surface area contributed by atoms with Gasteiger partial charge in [0, 0.05) is 38.5 Å². The summed E-state index contributed by atoms with van der Waals surface area (Å²) in [6.45, 7) is 9.16. The Hall–Kier alpha value is -2.29. The molecule has 1 aromatic carbocycles. The van der Waals surface area contributed by atoms with Crippen molar-refractivity contribution in [3.63, 3.8) is 0 Å². The molecule has 2 aromatic rings. The smallest absolute Gasteiger partial charge is 0.222 e. The second-order valence-electron chi connectivity index (χ2n) is 9.16. The van der Waals surface area contributed by atoms with Gasteiger partial charge in [-0.2, -0.15) is 0 Å². The molecule has 1 aliphatic heterocycles. The van der Waals surface area contributed by atoms with Gasteiger partial charge in [0.1, 0.15) is 5.69 Å². The van der Waals surface area contributed by atoms with Gasteiger partial charge >= 0.3 is 0 Å². The van der Waals surface area contributed by atoms with Gasteiger partial charge < -0.3 is 14.7 Å². The molecule has 0 saturated carbocycles. The number of ether oxygens (including phenoxy) is 1. The number of carbonyl (C=O) groups excluding carboxylic acids is 1. The van der Waals surface area contributed by atoms with Crippen LogP contribution >= 0.6 is 0 Å². The number of amides is 1. The highest BCUT2D eigenvalue weighted by Crippen LogP contribution is 2.18. The molecule has 1 aliphatic rings. The number of aryl methyl sites for hydroxylation is 2. The molecule has 1 N–H and O–H groups in total. The number of carbonyl (C=O) groups is 1. The van der Waals surface area contributed by atoms with E-state index in [1.54, 1.807) is 4.68 Å². The maximum Gasteiger partial charge on any atom is 0.222 e. The van der Waals surface area contributed by atoms with Gasteiger partial charge in [-0.15, -0.1) is 5.10 Å². The minimum Gasteiger partial charge on any atom is -0.394 e. The normalized spacial score (nSPS) is 21.7. The first kappa shape index (κ1) is 24.4. The Balaban J connectivity index is 1.75. The maximum atomic E-state index is 12.9. The first-order valence-electron chi connectivity index (χ1n) is 11.5. The topological polar surface area (TPSA) is 83.7 Å². The van der Waals surface area contributed by atoms with Crippen LogP contribution in [0.5, 0.6) is 0 Å². The van der Waals surface area contributed by atoms with Crippen LogP contribution in [0.25, 0.3) is 0 Å². The molecule has 0 saturated heterocycles. The van der Waals surface area contributed by atoms with Crippen molar-refractivity contribution in [3.05, 3.63) is 47.3 Å². The summed E-state index contributed by atoms with van der Waals surface area (Å²) in [5.41, 5.74) is 3.30. The second kappa shape index (κ2) is 11.5. The van der Waals surface area contributed by atoms with Crippen molar-refractivity contribution in [2.45, 2.75) is 65.5 Å². The number of fused-ring (bicyclic) bond motifs is 2. The van der Waals surface area contributed by atoms with Crippen molar-refractivity contribution < 1.29 is 14.6 Å². The number of aliphatic hydroxyl groups excluding tert-OH is 1. The molecule has 8 heteroatoms. The highest BCUT2D eigenvalue weighted by atomic mass is 16.5. The van der Waals surface area contributed by atoms with Crippen LogP contribution in [0.15, 0.2) is 30.5 Å². The van der Waals surface area contributed by atoms with Crippen LogP contribution in [0.2, 0.25) is 0 Å². The molecule has 0 unspecified atom stereocenters. The molecule has 2 bridgehead atoms. The van der Waals surface area contributed by atoms with E-state index in [0.717, 1.165) is 18.8 Å². The van der Waals surface area contributed by atoms with Crippen LogP contribution in [-0.2, 0) is 29.2 Å². The van der Waals surface area contributed by atoms with Crippen molar-refractivity contribution in [1.82, 2.24) is 24.8 Å². The molecule has 32 heavy (non-hydrogen) atoms. The number of aromatic nitrogens is 3. The van der Waals surface area contributed by atoms with E-state index in [4.69, 9.17) is 4.74 Å². The molecular formula is C24H37N5O3. The van der Waals surface area contributed by atoms with Crippen LogP contribution in [0, 0.1) is 12.8 Å². The second-order valence-corrected chi connectivity index (χ2v) is 9.16. The standard InChI is InChI=1S/C24H37N5O3/c1-18-7-9-21(10-8-18)13-27(4)15-23-19(2)12-29(20(3)16-30)24(31)6-5-11-28-14-22(17-32-23)25-26-28/h7-10,14,19-20,23,30H,5-6,11-13,15-17H2,1-4H3/t19-,20-,23+/m1/s1.